The maximum absolute atomic E-state index is 12.3. The van der Waals surface area contributed by atoms with Gasteiger partial charge in [-0.1, -0.05) is 42.5 Å². The van der Waals surface area contributed by atoms with E-state index >= 15 is 0 Å². The molecule has 1 amide bonds. The molecule has 0 saturated carbocycles. The number of benzene rings is 2. The molecule has 0 radical (unpaired) electrons. The highest BCUT2D eigenvalue weighted by Gasteiger charge is 2.16. The Labute approximate surface area is 168 Å². The fourth-order valence-electron chi connectivity index (χ4n) is 2.32. The second kappa shape index (κ2) is 10.2. The molecular formula is C21H20ClNO5. The number of halogens is 1. The third-order valence-electron chi connectivity index (χ3n) is 3.50. The van der Waals surface area contributed by atoms with E-state index in [2.05, 4.69) is 11.9 Å². The first-order valence-electron chi connectivity index (χ1n) is 8.47. The van der Waals surface area contributed by atoms with Crippen molar-refractivity contribution in [2.75, 3.05) is 13.2 Å². The van der Waals surface area contributed by atoms with Crippen molar-refractivity contribution < 1.29 is 24.2 Å². The molecule has 2 rings (SSSR count). The molecule has 0 saturated heterocycles. The summed E-state index contributed by atoms with van der Waals surface area (Å²) in [6, 6.07) is 11.4. The second-order valence-corrected chi connectivity index (χ2v) is 5.95. The highest BCUT2D eigenvalue weighted by molar-refractivity contribution is 6.32. The molecular weight excluding hydrogens is 382 g/mol. The number of amides is 1. The predicted octanol–water partition coefficient (Wildman–Crippen LogP) is 4.16. The summed E-state index contributed by atoms with van der Waals surface area (Å²) in [6.07, 6.45) is 2.87. The van der Waals surface area contributed by atoms with E-state index in [-0.39, 0.29) is 17.3 Å². The summed E-state index contributed by atoms with van der Waals surface area (Å²) in [4.78, 5) is 23.9. The second-order valence-electron chi connectivity index (χ2n) is 5.55. The van der Waals surface area contributed by atoms with E-state index in [0.29, 0.717) is 29.2 Å². The van der Waals surface area contributed by atoms with Crippen molar-refractivity contribution in [1.29, 1.82) is 0 Å². The SMILES string of the molecule is C=CCOc1c(Cl)cc(C=C(NC(=O)c2ccccc2)C(=O)O)cc1OCC. The number of hydrogen-bond acceptors (Lipinski definition) is 4. The molecule has 0 heterocycles. The average molecular weight is 402 g/mol. The predicted molar refractivity (Wildman–Crippen MR) is 108 cm³/mol. The van der Waals surface area contributed by atoms with Crippen molar-refractivity contribution in [3.05, 3.63) is 77.0 Å². The third kappa shape index (κ3) is 5.62. The van der Waals surface area contributed by atoms with Crippen LogP contribution in [0.2, 0.25) is 5.02 Å². The monoisotopic (exact) mass is 401 g/mol. The number of carboxylic acids is 1. The van der Waals surface area contributed by atoms with Gasteiger partial charge in [0.15, 0.2) is 11.5 Å². The number of rotatable bonds is 9. The summed E-state index contributed by atoms with van der Waals surface area (Å²) in [5.41, 5.74) is 0.480. The van der Waals surface area contributed by atoms with Crippen LogP contribution in [0.3, 0.4) is 0 Å². The van der Waals surface area contributed by atoms with E-state index in [0.717, 1.165) is 0 Å². The van der Waals surface area contributed by atoms with Crippen LogP contribution in [-0.2, 0) is 4.79 Å². The van der Waals surface area contributed by atoms with Crippen LogP contribution in [0.5, 0.6) is 11.5 Å². The van der Waals surface area contributed by atoms with E-state index in [1.54, 1.807) is 49.4 Å². The maximum atomic E-state index is 12.3. The van der Waals surface area contributed by atoms with Gasteiger partial charge in [0.1, 0.15) is 12.3 Å². The van der Waals surface area contributed by atoms with Gasteiger partial charge >= 0.3 is 5.97 Å². The van der Waals surface area contributed by atoms with Crippen LogP contribution >= 0.6 is 11.6 Å². The van der Waals surface area contributed by atoms with Crippen molar-refractivity contribution in [1.82, 2.24) is 5.32 Å². The summed E-state index contributed by atoms with van der Waals surface area (Å²) in [6.45, 7) is 5.99. The molecule has 6 nitrogen and oxygen atoms in total. The molecule has 0 aliphatic rings. The quantitative estimate of drug-likeness (QED) is 0.487. The summed E-state index contributed by atoms with van der Waals surface area (Å²) in [5, 5.41) is 12.1. The van der Waals surface area contributed by atoms with Crippen molar-refractivity contribution in [2.45, 2.75) is 6.92 Å². The third-order valence-corrected chi connectivity index (χ3v) is 3.78. The number of carbonyl (C=O) groups is 2. The zero-order valence-electron chi connectivity index (χ0n) is 15.3. The first-order chi connectivity index (χ1) is 13.5. The summed E-state index contributed by atoms with van der Waals surface area (Å²) in [7, 11) is 0. The Morgan fingerprint density at radius 2 is 1.93 bits per heavy atom. The normalized spacial score (nSPS) is 10.9. The largest absolute Gasteiger partial charge is 0.490 e. The first-order valence-corrected chi connectivity index (χ1v) is 8.85. The van der Waals surface area contributed by atoms with E-state index < -0.39 is 11.9 Å². The number of nitrogens with one attached hydrogen (secondary N) is 1. The fraction of sp³-hybridized carbons (Fsp3) is 0.143. The van der Waals surface area contributed by atoms with Gasteiger partial charge in [-0.3, -0.25) is 4.79 Å². The van der Waals surface area contributed by atoms with E-state index in [9.17, 15) is 14.7 Å². The molecule has 0 bridgehead atoms. The molecule has 2 aromatic rings. The van der Waals surface area contributed by atoms with Gasteiger partial charge in [-0.05, 0) is 42.8 Å². The van der Waals surface area contributed by atoms with E-state index in [4.69, 9.17) is 21.1 Å². The Balaban J connectivity index is 2.36. The Kier molecular flexibility index (Phi) is 7.65. The minimum Gasteiger partial charge on any atom is -0.490 e. The van der Waals surface area contributed by atoms with E-state index in [1.165, 1.54) is 12.1 Å². The van der Waals surface area contributed by atoms with Crippen molar-refractivity contribution >= 4 is 29.6 Å². The zero-order valence-corrected chi connectivity index (χ0v) is 16.0. The molecule has 0 atom stereocenters. The lowest BCUT2D eigenvalue weighted by Crippen LogP contribution is -2.27. The molecule has 2 N–H and O–H groups in total. The maximum Gasteiger partial charge on any atom is 0.352 e. The van der Waals surface area contributed by atoms with Crippen LogP contribution in [0.4, 0.5) is 0 Å². The Bertz CT molecular complexity index is 893. The molecule has 0 unspecified atom stereocenters. The van der Waals surface area contributed by atoms with Crippen molar-refractivity contribution in [3.63, 3.8) is 0 Å². The van der Waals surface area contributed by atoms with Crippen LogP contribution in [-0.4, -0.2) is 30.2 Å². The Hall–Kier alpha value is -3.25. The summed E-state index contributed by atoms with van der Waals surface area (Å²) < 4.78 is 11.1. The van der Waals surface area contributed by atoms with Gasteiger partial charge in [-0.25, -0.2) is 4.79 Å². The summed E-state index contributed by atoms with van der Waals surface area (Å²) in [5.74, 6) is -1.12. The van der Waals surface area contributed by atoms with E-state index in [1.807, 2.05) is 0 Å². The van der Waals surface area contributed by atoms with Crippen molar-refractivity contribution in [2.24, 2.45) is 0 Å². The number of carboxylic acid groups (broad SMARTS) is 1. The zero-order chi connectivity index (χ0) is 20.5. The molecule has 0 aliphatic carbocycles. The first kappa shape index (κ1) is 21.1. The van der Waals surface area contributed by atoms with Crippen LogP contribution in [0, 0.1) is 0 Å². The smallest absolute Gasteiger partial charge is 0.352 e. The van der Waals surface area contributed by atoms with Crippen molar-refractivity contribution in [3.8, 4) is 11.5 Å². The lowest BCUT2D eigenvalue weighted by Gasteiger charge is -2.14. The highest BCUT2D eigenvalue weighted by Crippen LogP contribution is 2.37. The number of aliphatic carboxylic acids is 1. The highest BCUT2D eigenvalue weighted by atomic mass is 35.5. The molecule has 0 fully saturated rings. The van der Waals surface area contributed by atoms with Crippen LogP contribution in [0.25, 0.3) is 6.08 Å². The standard InChI is InChI=1S/C21H20ClNO5/c1-3-10-28-19-16(22)11-14(13-18(19)27-4-2)12-17(21(25)26)23-20(24)15-8-6-5-7-9-15/h3,5-9,11-13H,1,4,10H2,2H3,(H,23,24)(H,25,26). The molecule has 28 heavy (non-hydrogen) atoms. The molecule has 7 heteroatoms. The average Bonchev–Trinajstić information content (AvgIpc) is 2.67. The van der Waals surface area contributed by atoms with Gasteiger partial charge in [-0.15, -0.1) is 0 Å². The minimum atomic E-state index is -1.29. The number of ether oxygens (including phenoxy) is 2. The fourth-order valence-corrected chi connectivity index (χ4v) is 2.59. The lowest BCUT2D eigenvalue weighted by atomic mass is 10.1. The summed E-state index contributed by atoms with van der Waals surface area (Å²) >= 11 is 6.27. The van der Waals surface area contributed by atoms with Gasteiger partial charge in [0, 0.05) is 5.56 Å². The van der Waals surface area contributed by atoms with Crippen LogP contribution < -0.4 is 14.8 Å². The van der Waals surface area contributed by atoms with Gasteiger partial charge in [0.25, 0.3) is 5.91 Å². The van der Waals surface area contributed by atoms with Gasteiger partial charge in [0.05, 0.1) is 11.6 Å². The topological polar surface area (TPSA) is 84.9 Å². The molecule has 146 valence electrons. The number of carbonyl (C=O) groups excluding carboxylic acids is 1. The van der Waals surface area contributed by atoms with Gasteiger partial charge in [0.2, 0.25) is 0 Å². The lowest BCUT2D eigenvalue weighted by molar-refractivity contribution is -0.132. The molecule has 0 aromatic heterocycles. The number of hydrogen-bond donors (Lipinski definition) is 2. The Morgan fingerprint density at radius 3 is 2.54 bits per heavy atom. The molecule has 0 aliphatic heterocycles. The molecule has 2 aromatic carbocycles. The van der Waals surface area contributed by atoms with Gasteiger partial charge in [-0.2, -0.15) is 0 Å². The van der Waals surface area contributed by atoms with Crippen LogP contribution in [0.1, 0.15) is 22.8 Å². The minimum absolute atomic E-state index is 0.239. The molecule has 0 spiro atoms. The Morgan fingerprint density at radius 1 is 1.21 bits per heavy atom. The van der Waals surface area contributed by atoms with Crippen LogP contribution in [0.15, 0.2) is 60.8 Å². The van der Waals surface area contributed by atoms with Gasteiger partial charge < -0.3 is 19.9 Å².